The zero-order valence-electron chi connectivity index (χ0n) is 17.3. The summed E-state index contributed by atoms with van der Waals surface area (Å²) < 4.78 is 0. The van der Waals surface area contributed by atoms with E-state index in [2.05, 4.69) is 21.3 Å². The first-order valence-corrected chi connectivity index (χ1v) is 10.1. The van der Waals surface area contributed by atoms with Crippen molar-refractivity contribution in [3.05, 3.63) is 29.8 Å². The van der Waals surface area contributed by atoms with Crippen molar-refractivity contribution >= 4 is 23.7 Å². The van der Waals surface area contributed by atoms with Gasteiger partial charge in [-0.2, -0.15) is 0 Å². The molecule has 0 spiro atoms. The lowest BCUT2D eigenvalue weighted by Gasteiger charge is -2.24. The number of carboxylic acid groups (broad SMARTS) is 1. The van der Waals surface area contributed by atoms with Crippen LogP contribution in [0.15, 0.2) is 24.3 Å². The van der Waals surface area contributed by atoms with E-state index < -0.39 is 61.1 Å². The monoisotopic (exact) mass is 452 g/mol. The van der Waals surface area contributed by atoms with Crippen LogP contribution in [0.3, 0.4) is 0 Å². The highest BCUT2D eigenvalue weighted by atomic mass is 16.4. The molecule has 2 rings (SSSR count). The Morgan fingerprint density at radius 2 is 1.53 bits per heavy atom. The molecule has 1 heterocycles. The van der Waals surface area contributed by atoms with Crippen LogP contribution >= 0.6 is 0 Å². The quantitative estimate of drug-likeness (QED) is 0.175. The van der Waals surface area contributed by atoms with Gasteiger partial charge >= 0.3 is 5.97 Å². The van der Waals surface area contributed by atoms with Gasteiger partial charge in [0.2, 0.25) is 17.7 Å². The highest BCUT2D eigenvalue weighted by molar-refractivity contribution is 5.94. The number of aliphatic hydroxyl groups is 2. The Morgan fingerprint density at radius 3 is 2.06 bits per heavy atom. The van der Waals surface area contributed by atoms with E-state index >= 15 is 0 Å². The molecule has 1 fully saturated rings. The maximum absolute atomic E-state index is 12.7. The second kappa shape index (κ2) is 12.0. The number of aliphatic carboxylic acids is 1. The van der Waals surface area contributed by atoms with Crippen molar-refractivity contribution in [3.8, 4) is 5.75 Å². The number of phenolic OH excluding ortho intramolecular Hbond substituents is 1. The van der Waals surface area contributed by atoms with Crippen molar-refractivity contribution in [2.45, 2.75) is 43.4 Å². The second-order valence-electron chi connectivity index (χ2n) is 7.41. The summed E-state index contributed by atoms with van der Waals surface area (Å²) in [5.41, 5.74) is 0.541. The molecule has 8 N–H and O–H groups in total. The largest absolute Gasteiger partial charge is 0.508 e. The van der Waals surface area contributed by atoms with E-state index in [1.54, 1.807) is 0 Å². The van der Waals surface area contributed by atoms with Crippen molar-refractivity contribution in [2.24, 2.45) is 0 Å². The molecule has 12 heteroatoms. The van der Waals surface area contributed by atoms with Crippen LogP contribution in [0.5, 0.6) is 5.75 Å². The molecule has 0 radical (unpaired) electrons. The number of nitrogens with one attached hydrogen (secondary N) is 4. The van der Waals surface area contributed by atoms with Crippen molar-refractivity contribution in [1.29, 1.82) is 0 Å². The van der Waals surface area contributed by atoms with E-state index in [1.165, 1.54) is 24.3 Å². The number of hydrogen-bond acceptors (Lipinski definition) is 8. The van der Waals surface area contributed by atoms with Crippen LogP contribution in [0, 0.1) is 0 Å². The molecule has 32 heavy (non-hydrogen) atoms. The van der Waals surface area contributed by atoms with Crippen molar-refractivity contribution in [1.82, 2.24) is 21.3 Å². The number of carbonyl (C=O) groups is 4. The third-order valence-electron chi connectivity index (χ3n) is 5.00. The van der Waals surface area contributed by atoms with Gasteiger partial charge in [-0.25, -0.2) is 4.79 Å². The summed E-state index contributed by atoms with van der Waals surface area (Å²) in [6.45, 7) is -0.907. The molecule has 1 saturated heterocycles. The SMILES string of the molecule is O=C(O)C(CO)NC(=O)C(Cc1ccc(O)cc1)NC(=O)C(CO)NC(=O)C1CCCN1. The minimum atomic E-state index is -1.58. The van der Waals surface area contributed by atoms with Gasteiger partial charge in [0, 0.05) is 6.42 Å². The highest BCUT2D eigenvalue weighted by Gasteiger charge is 2.31. The number of benzene rings is 1. The number of rotatable bonds is 11. The lowest BCUT2D eigenvalue weighted by atomic mass is 10.0. The van der Waals surface area contributed by atoms with Crippen LogP contribution in [-0.4, -0.2) is 88.0 Å². The predicted octanol–water partition coefficient (Wildman–Crippen LogP) is -2.79. The molecule has 1 aliphatic rings. The van der Waals surface area contributed by atoms with Gasteiger partial charge in [0.1, 0.15) is 23.9 Å². The average Bonchev–Trinajstić information content (AvgIpc) is 3.31. The average molecular weight is 452 g/mol. The summed E-state index contributed by atoms with van der Waals surface area (Å²) in [5.74, 6) is -3.64. The van der Waals surface area contributed by atoms with Crippen LogP contribution < -0.4 is 21.3 Å². The Balaban J connectivity index is 2.12. The van der Waals surface area contributed by atoms with Gasteiger partial charge in [-0.1, -0.05) is 12.1 Å². The fourth-order valence-corrected chi connectivity index (χ4v) is 3.18. The number of hydrogen-bond donors (Lipinski definition) is 8. The van der Waals surface area contributed by atoms with Gasteiger partial charge in [0.05, 0.1) is 19.3 Å². The van der Waals surface area contributed by atoms with Gasteiger partial charge in [0.25, 0.3) is 0 Å². The first-order chi connectivity index (χ1) is 15.2. The van der Waals surface area contributed by atoms with Crippen LogP contribution in [-0.2, 0) is 25.6 Å². The maximum atomic E-state index is 12.7. The normalized spacial score (nSPS) is 18.2. The summed E-state index contributed by atoms with van der Waals surface area (Å²) in [6, 6.07) is 1.12. The zero-order chi connectivity index (χ0) is 23.7. The van der Waals surface area contributed by atoms with Gasteiger partial charge in [-0.3, -0.25) is 14.4 Å². The fourth-order valence-electron chi connectivity index (χ4n) is 3.18. The van der Waals surface area contributed by atoms with Crippen molar-refractivity contribution < 1.29 is 39.6 Å². The first kappa shape index (κ1) is 25.0. The second-order valence-corrected chi connectivity index (χ2v) is 7.41. The van der Waals surface area contributed by atoms with E-state index in [0.29, 0.717) is 18.5 Å². The van der Waals surface area contributed by atoms with Gasteiger partial charge in [0.15, 0.2) is 0 Å². The molecule has 1 aliphatic heterocycles. The van der Waals surface area contributed by atoms with E-state index in [0.717, 1.165) is 6.42 Å². The predicted molar refractivity (Wildman–Crippen MR) is 110 cm³/mol. The smallest absolute Gasteiger partial charge is 0.328 e. The Morgan fingerprint density at radius 1 is 0.938 bits per heavy atom. The molecule has 1 aromatic carbocycles. The summed E-state index contributed by atoms with van der Waals surface area (Å²) >= 11 is 0. The lowest BCUT2D eigenvalue weighted by Crippen LogP contribution is -2.58. The molecule has 0 bridgehead atoms. The highest BCUT2D eigenvalue weighted by Crippen LogP contribution is 2.12. The minimum Gasteiger partial charge on any atom is -0.508 e. The number of amides is 3. The maximum Gasteiger partial charge on any atom is 0.328 e. The van der Waals surface area contributed by atoms with Crippen molar-refractivity contribution in [3.63, 3.8) is 0 Å². The van der Waals surface area contributed by atoms with E-state index in [1.807, 2.05) is 0 Å². The third-order valence-corrected chi connectivity index (χ3v) is 5.00. The molecule has 0 aromatic heterocycles. The van der Waals surface area contributed by atoms with Gasteiger partial charge in [-0.15, -0.1) is 0 Å². The molecule has 1 aromatic rings. The molecule has 0 aliphatic carbocycles. The molecular formula is C20H28N4O8. The Kier molecular flexibility index (Phi) is 9.38. The third kappa shape index (κ3) is 7.18. The molecule has 4 unspecified atom stereocenters. The Bertz CT molecular complexity index is 810. The molecule has 0 saturated carbocycles. The summed E-state index contributed by atoms with van der Waals surface area (Å²) in [6.07, 6.45) is 1.32. The Labute approximate surface area is 184 Å². The van der Waals surface area contributed by atoms with Crippen molar-refractivity contribution in [2.75, 3.05) is 19.8 Å². The molecular weight excluding hydrogens is 424 g/mol. The summed E-state index contributed by atoms with van der Waals surface area (Å²) in [7, 11) is 0. The van der Waals surface area contributed by atoms with Gasteiger partial charge in [-0.05, 0) is 37.1 Å². The molecule has 4 atom stereocenters. The number of phenols is 1. The van der Waals surface area contributed by atoms with E-state index in [9.17, 15) is 29.4 Å². The van der Waals surface area contributed by atoms with E-state index in [-0.39, 0.29) is 12.2 Å². The van der Waals surface area contributed by atoms with Crippen LogP contribution in [0.25, 0.3) is 0 Å². The number of aliphatic hydroxyl groups excluding tert-OH is 2. The first-order valence-electron chi connectivity index (χ1n) is 10.1. The summed E-state index contributed by atoms with van der Waals surface area (Å²) in [4.78, 5) is 48.7. The lowest BCUT2D eigenvalue weighted by molar-refractivity contribution is -0.143. The van der Waals surface area contributed by atoms with Crippen LogP contribution in [0.4, 0.5) is 0 Å². The zero-order valence-corrected chi connectivity index (χ0v) is 17.3. The summed E-state index contributed by atoms with van der Waals surface area (Å²) in [5, 5.41) is 47.2. The standard InChI is InChI=1S/C20H28N4O8/c25-9-15(23-17(28)13-2-1-7-21-13)19(30)22-14(8-11-3-5-12(27)6-4-11)18(29)24-16(10-26)20(31)32/h3-6,13-16,21,25-27H,1-2,7-10H2,(H,22,30)(H,23,28)(H,24,29)(H,31,32). The number of carbonyl (C=O) groups excluding carboxylic acids is 3. The molecule has 12 nitrogen and oxygen atoms in total. The van der Waals surface area contributed by atoms with Crippen LogP contribution in [0.2, 0.25) is 0 Å². The Hall–Kier alpha value is -3.22. The molecule has 3 amide bonds. The van der Waals surface area contributed by atoms with Crippen LogP contribution in [0.1, 0.15) is 18.4 Å². The topological polar surface area (TPSA) is 197 Å². The van der Waals surface area contributed by atoms with E-state index in [4.69, 9.17) is 10.2 Å². The number of aromatic hydroxyl groups is 1. The molecule has 176 valence electrons. The minimum absolute atomic E-state index is 0.00594. The number of carboxylic acids is 1. The fraction of sp³-hybridized carbons (Fsp3) is 0.500. The van der Waals surface area contributed by atoms with Gasteiger partial charge < -0.3 is 41.7 Å².